The topological polar surface area (TPSA) is 118 Å². The minimum Gasteiger partial charge on any atom is -0.465 e. The van der Waals surface area contributed by atoms with Gasteiger partial charge in [-0.25, -0.2) is 13.8 Å². The van der Waals surface area contributed by atoms with Crippen LogP contribution in [-0.2, 0) is 43.8 Å². The molecule has 0 radical (unpaired) electrons. The Labute approximate surface area is 176 Å². The lowest BCUT2D eigenvalue weighted by Crippen LogP contribution is -2.40. The summed E-state index contributed by atoms with van der Waals surface area (Å²) in [6, 6.07) is 6.49. The van der Waals surface area contributed by atoms with Crippen molar-refractivity contribution in [1.29, 1.82) is 0 Å². The van der Waals surface area contributed by atoms with Crippen molar-refractivity contribution in [3.05, 3.63) is 47.4 Å². The maximum absolute atomic E-state index is 13.6. The van der Waals surface area contributed by atoms with Crippen molar-refractivity contribution in [1.82, 2.24) is 4.90 Å². The highest BCUT2D eigenvalue weighted by Crippen LogP contribution is 2.56. The molecule has 1 aromatic rings. The third kappa shape index (κ3) is 4.46. The number of ether oxygens (including phenoxy) is 2. The van der Waals surface area contributed by atoms with Gasteiger partial charge in [0.05, 0.1) is 32.3 Å². The first-order valence-corrected chi connectivity index (χ1v) is 10.9. The Hall–Kier alpha value is -2.43. The number of ketones is 1. The Balaban J connectivity index is 1.41. The number of hydrogen-bond acceptors (Lipinski definition) is 9. The number of rotatable bonds is 5. The van der Waals surface area contributed by atoms with Gasteiger partial charge in [0.15, 0.2) is 5.83 Å². The Kier molecular flexibility index (Phi) is 6.05. The fourth-order valence-electron chi connectivity index (χ4n) is 3.49. The second-order valence-electron chi connectivity index (χ2n) is 7.05. The molecule has 0 aliphatic carbocycles. The third-order valence-electron chi connectivity index (χ3n) is 5.07. The summed E-state index contributed by atoms with van der Waals surface area (Å²) in [5.41, 5.74) is 0.686. The fourth-order valence-corrected chi connectivity index (χ4v) is 4.86. The number of phosphoric acid groups is 1. The number of esters is 1. The SMILES string of the molecule is COC(=O)c1ccccc1COP1(=O)OC[C@H]2O[C@@H](N3C=C(F)C(=O)CC3=O)C[C@@H]2O1. The van der Waals surface area contributed by atoms with Crippen LogP contribution in [-0.4, -0.2) is 54.7 Å². The molecule has 0 saturated carbocycles. The molecule has 3 aliphatic rings. The van der Waals surface area contributed by atoms with E-state index in [1.165, 1.54) is 7.11 Å². The summed E-state index contributed by atoms with van der Waals surface area (Å²) in [6.45, 7) is -0.366. The maximum atomic E-state index is 13.6. The van der Waals surface area contributed by atoms with Crippen LogP contribution in [0.25, 0.3) is 0 Å². The predicted molar refractivity (Wildman–Crippen MR) is 99.9 cm³/mol. The van der Waals surface area contributed by atoms with Crippen LogP contribution in [0, 0.1) is 0 Å². The molecule has 1 unspecified atom stereocenters. The summed E-state index contributed by atoms with van der Waals surface area (Å²) < 4.78 is 53.1. The highest BCUT2D eigenvalue weighted by atomic mass is 31.2. The van der Waals surface area contributed by atoms with Gasteiger partial charge in [-0.1, -0.05) is 18.2 Å². The monoisotopic (exact) mass is 455 g/mol. The van der Waals surface area contributed by atoms with Crippen LogP contribution >= 0.6 is 7.82 Å². The number of benzene rings is 1. The number of fused-ring (bicyclic) bond motifs is 1. The lowest BCUT2D eigenvalue weighted by molar-refractivity contribution is -0.146. The van der Waals surface area contributed by atoms with Crippen molar-refractivity contribution >= 4 is 25.5 Å². The molecule has 3 aliphatic heterocycles. The van der Waals surface area contributed by atoms with E-state index in [0.29, 0.717) is 5.56 Å². The first-order chi connectivity index (χ1) is 14.8. The third-order valence-corrected chi connectivity index (χ3v) is 6.51. The van der Waals surface area contributed by atoms with Gasteiger partial charge in [-0.3, -0.25) is 28.1 Å². The van der Waals surface area contributed by atoms with E-state index in [-0.39, 0.29) is 25.2 Å². The first-order valence-electron chi connectivity index (χ1n) is 9.40. The quantitative estimate of drug-likeness (QED) is 0.374. The molecule has 3 heterocycles. The van der Waals surface area contributed by atoms with E-state index in [0.717, 1.165) is 11.1 Å². The largest absolute Gasteiger partial charge is 0.475 e. The van der Waals surface area contributed by atoms with E-state index in [4.69, 9.17) is 23.0 Å². The van der Waals surface area contributed by atoms with Crippen molar-refractivity contribution in [2.75, 3.05) is 13.7 Å². The minimum atomic E-state index is -3.99. The van der Waals surface area contributed by atoms with Crippen molar-refractivity contribution in [3.63, 3.8) is 0 Å². The van der Waals surface area contributed by atoms with E-state index in [1.807, 2.05) is 0 Å². The molecule has 0 spiro atoms. The van der Waals surface area contributed by atoms with Crippen LogP contribution in [0.1, 0.15) is 28.8 Å². The lowest BCUT2D eigenvalue weighted by Gasteiger charge is -2.30. The van der Waals surface area contributed by atoms with Crippen LogP contribution < -0.4 is 0 Å². The van der Waals surface area contributed by atoms with Gasteiger partial charge in [0.2, 0.25) is 11.7 Å². The van der Waals surface area contributed by atoms with Gasteiger partial charge >= 0.3 is 13.8 Å². The zero-order valence-corrected chi connectivity index (χ0v) is 17.3. The number of hydrogen-bond donors (Lipinski definition) is 0. The molecule has 2 saturated heterocycles. The molecule has 1 aromatic carbocycles. The molecule has 1 amide bonds. The summed E-state index contributed by atoms with van der Waals surface area (Å²) in [6.07, 6.45) is -1.98. The summed E-state index contributed by atoms with van der Waals surface area (Å²) in [4.78, 5) is 36.2. The van der Waals surface area contributed by atoms with Gasteiger partial charge in [0.25, 0.3) is 0 Å². The summed E-state index contributed by atoms with van der Waals surface area (Å²) >= 11 is 0. The second-order valence-corrected chi connectivity index (χ2v) is 8.67. The van der Waals surface area contributed by atoms with Gasteiger partial charge in [-0.2, -0.15) is 0 Å². The Bertz CT molecular complexity index is 996. The van der Waals surface area contributed by atoms with Crippen LogP contribution in [0.4, 0.5) is 4.39 Å². The fraction of sp³-hybridized carbons (Fsp3) is 0.421. The Morgan fingerprint density at radius 1 is 1.29 bits per heavy atom. The average Bonchev–Trinajstić information content (AvgIpc) is 3.17. The highest BCUT2D eigenvalue weighted by Gasteiger charge is 2.49. The van der Waals surface area contributed by atoms with Crippen LogP contribution in [0.5, 0.6) is 0 Å². The van der Waals surface area contributed by atoms with Gasteiger partial charge in [-0.15, -0.1) is 0 Å². The second kappa shape index (κ2) is 8.60. The standard InChI is InChI=1S/C19H19FNO9P/c1-26-19(24)12-5-3-2-4-11(12)9-27-31(25)28-10-16-15(30-31)7-18(29-16)21-8-13(20)14(22)6-17(21)23/h2-5,8,15-16,18H,6-7,9-10H2,1H3/t15-,16+,18+,31?/m0/s1. The highest BCUT2D eigenvalue weighted by molar-refractivity contribution is 7.48. The van der Waals surface area contributed by atoms with Crippen LogP contribution in [0.3, 0.4) is 0 Å². The van der Waals surface area contributed by atoms with Crippen LogP contribution in [0.2, 0.25) is 0 Å². The van der Waals surface area contributed by atoms with E-state index in [9.17, 15) is 23.3 Å². The van der Waals surface area contributed by atoms with E-state index >= 15 is 0 Å². The van der Waals surface area contributed by atoms with Crippen molar-refractivity contribution < 1.29 is 46.4 Å². The lowest BCUT2D eigenvalue weighted by atomic mass is 10.1. The predicted octanol–water partition coefficient (Wildman–Crippen LogP) is 2.24. The molecule has 166 valence electrons. The van der Waals surface area contributed by atoms with E-state index in [2.05, 4.69) is 0 Å². The van der Waals surface area contributed by atoms with Crippen molar-refractivity contribution in [3.8, 4) is 0 Å². The van der Waals surface area contributed by atoms with Gasteiger partial charge < -0.3 is 9.47 Å². The summed E-state index contributed by atoms with van der Waals surface area (Å²) in [7, 11) is -2.74. The summed E-state index contributed by atoms with van der Waals surface area (Å²) in [5, 5.41) is 0. The number of carbonyl (C=O) groups is 3. The molecule has 31 heavy (non-hydrogen) atoms. The number of allylic oxidation sites excluding steroid dienone is 1. The van der Waals surface area contributed by atoms with Crippen molar-refractivity contribution in [2.24, 2.45) is 0 Å². The molecular weight excluding hydrogens is 436 g/mol. The molecule has 0 N–H and O–H groups in total. The normalized spacial score (nSPS) is 30.7. The number of carbonyl (C=O) groups excluding carboxylic acids is 3. The number of phosphoric ester groups is 1. The molecule has 4 rings (SSSR count). The molecule has 0 bridgehead atoms. The maximum Gasteiger partial charge on any atom is 0.475 e. The minimum absolute atomic E-state index is 0.0871. The molecular formula is C19H19FNO9P. The summed E-state index contributed by atoms with van der Waals surface area (Å²) in [5.74, 6) is -3.09. The molecule has 0 aromatic heterocycles. The first kappa shape index (κ1) is 21.8. The number of halogens is 1. The van der Waals surface area contributed by atoms with E-state index < -0.39 is 56.2 Å². The zero-order chi connectivity index (χ0) is 22.2. The molecule has 10 nitrogen and oxygen atoms in total. The van der Waals surface area contributed by atoms with Gasteiger partial charge in [0.1, 0.15) is 18.4 Å². The number of amides is 1. The Morgan fingerprint density at radius 3 is 2.84 bits per heavy atom. The average molecular weight is 455 g/mol. The number of Topliss-reactive ketones (excluding diaryl/α,β-unsaturated/α-hetero) is 1. The van der Waals surface area contributed by atoms with Crippen molar-refractivity contribution in [2.45, 2.75) is 37.9 Å². The molecule has 4 atom stereocenters. The number of methoxy groups -OCH3 is 1. The number of nitrogens with zero attached hydrogens (tertiary/aromatic N) is 1. The molecule has 2 fully saturated rings. The van der Waals surface area contributed by atoms with Gasteiger partial charge in [0, 0.05) is 12.6 Å². The Morgan fingerprint density at radius 2 is 2.06 bits per heavy atom. The van der Waals surface area contributed by atoms with Gasteiger partial charge in [-0.05, 0) is 11.6 Å². The van der Waals surface area contributed by atoms with E-state index in [1.54, 1.807) is 24.3 Å². The zero-order valence-electron chi connectivity index (χ0n) is 16.4. The van der Waals surface area contributed by atoms with Crippen LogP contribution in [0.15, 0.2) is 36.3 Å². The molecule has 12 heteroatoms. The smallest absolute Gasteiger partial charge is 0.465 e.